The molecule has 5 nitrogen and oxygen atoms in total. The van der Waals surface area contributed by atoms with E-state index in [0.717, 1.165) is 5.39 Å². The number of para-hydroxylation sites is 1. The van der Waals surface area contributed by atoms with Crippen molar-refractivity contribution >= 4 is 37.9 Å². The van der Waals surface area contributed by atoms with Gasteiger partial charge in [0.25, 0.3) is 0 Å². The van der Waals surface area contributed by atoms with E-state index in [1.807, 2.05) is 12.1 Å². The van der Waals surface area contributed by atoms with Crippen molar-refractivity contribution in [3.63, 3.8) is 0 Å². The van der Waals surface area contributed by atoms with Crippen LogP contribution in [0, 0.1) is 5.82 Å². The van der Waals surface area contributed by atoms with Crippen LogP contribution in [-0.4, -0.2) is 0 Å². The largest absolute Gasteiger partial charge is 0.489 e. The number of halogens is 2. The summed E-state index contributed by atoms with van der Waals surface area (Å²) in [6.07, 6.45) is 0. The average molecular weight is 493 g/mol. The van der Waals surface area contributed by atoms with Crippen LogP contribution in [0.1, 0.15) is 5.56 Å². The van der Waals surface area contributed by atoms with Gasteiger partial charge >= 0.3 is 11.3 Å². The van der Waals surface area contributed by atoms with Gasteiger partial charge in [-0.05, 0) is 36.4 Å². The molecule has 2 aromatic heterocycles. The molecular weight excluding hydrogens is 479 g/mol. The van der Waals surface area contributed by atoms with Crippen LogP contribution >= 0.6 is 15.9 Å². The maximum atomic E-state index is 14.0. The summed E-state index contributed by atoms with van der Waals surface area (Å²) < 4.78 is 31.1. The number of fused-ring (bicyclic) bond motifs is 2. The van der Waals surface area contributed by atoms with E-state index in [0.29, 0.717) is 32.3 Å². The van der Waals surface area contributed by atoms with Gasteiger partial charge in [-0.3, -0.25) is 0 Å². The molecule has 0 bridgehead atoms. The number of hydrogen-bond donors (Lipinski definition) is 0. The summed E-state index contributed by atoms with van der Waals surface area (Å²) in [5, 5.41) is 1.29. The zero-order valence-corrected chi connectivity index (χ0v) is 18.0. The van der Waals surface area contributed by atoms with Crippen molar-refractivity contribution in [2.75, 3.05) is 0 Å². The van der Waals surface area contributed by atoms with E-state index >= 15 is 0 Å². The van der Waals surface area contributed by atoms with E-state index in [9.17, 15) is 14.0 Å². The van der Waals surface area contributed by atoms with Gasteiger partial charge in [-0.1, -0.05) is 40.2 Å². The molecule has 0 aliphatic carbocycles. The van der Waals surface area contributed by atoms with E-state index in [1.54, 1.807) is 48.5 Å². The molecule has 2 heterocycles. The van der Waals surface area contributed by atoms with Crippen LogP contribution in [-0.2, 0) is 6.61 Å². The topological polar surface area (TPSA) is 69.7 Å². The molecule has 0 aliphatic heterocycles. The zero-order chi connectivity index (χ0) is 22.2. The van der Waals surface area contributed by atoms with Crippen LogP contribution in [0.25, 0.3) is 33.1 Å². The predicted octanol–water partition coefficient (Wildman–Crippen LogP) is 6.05. The normalized spacial score (nSPS) is 11.2. The molecule has 0 amide bonds. The van der Waals surface area contributed by atoms with Gasteiger partial charge in [-0.15, -0.1) is 0 Å². The third-order valence-electron chi connectivity index (χ3n) is 5.06. The van der Waals surface area contributed by atoms with Crippen LogP contribution in [0.4, 0.5) is 4.39 Å². The van der Waals surface area contributed by atoms with Crippen LogP contribution in [0.15, 0.2) is 95.7 Å². The highest BCUT2D eigenvalue weighted by Gasteiger charge is 2.14. The van der Waals surface area contributed by atoms with Gasteiger partial charge in [0, 0.05) is 38.5 Å². The zero-order valence-electron chi connectivity index (χ0n) is 16.4. The van der Waals surface area contributed by atoms with Crippen LogP contribution in [0.3, 0.4) is 0 Å². The Morgan fingerprint density at radius 3 is 2.53 bits per heavy atom. The lowest BCUT2D eigenvalue weighted by atomic mass is 10.0. The molecule has 158 valence electrons. The first-order valence-corrected chi connectivity index (χ1v) is 10.5. The average Bonchev–Trinajstić information content (AvgIpc) is 2.77. The molecule has 0 saturated heterocycles. The molecule has 0 spiro atoms. The fraction of sp³-hybridized carbons (Fsp3) is 0.0400. The van der Waals surface area contributed by atoms with Crippen molar-refractivity contribution in [3.8, 4) is 16.9 Å². The van der Waals surface area contributed by atoms with Gasteiger partial charge in [-0.2, -0.15) is 0 Å². The van der Waals surface area contributed by atoms with E-state index < -0.39 is 17.1 Å². The monoisotopic (exact) mass is 492 g/mol. The smallest absolute Gasteiger partial charge is 0.344 e. The molecule has 0 N–H and O–H groups in total. The summed E-state index contributed by atoms with van der Waals surface area (Å²) in [5.41, 5.74) is 0.585. The van der Waals surface area contributed by atoms with Crippen molar-refractivity contribution in [1.29, 1.82) is 0 Å². The quantitative estimate of drug-likeness (QED) is 0.285. The summed E-state index contributed by atoms with van der Waals surface area (Å²) in [6.45, 7) is 0.00278. The summed E-state index contributed by atoms with van der Waals surface area (Å²) >= 11 is 3.22. The fourth-order valence-electron chi connectivity index (χ4n) is 3.51. The summed E-state index contributed by atoms with van der Waals surface area (Å²) in [5.74, 6) is 0.00248. The lowest BCUT2D eigenvalue weighted by Gasteiger charge is -2.10. The van der Waals surface area contributed by atoms with E-state index in [2.05, 4.69) is 15.9 Å². The number of hydrogen-bond acceptors (Lipinski definition) is 5. The molecule has 3 aromatic carbocycles. The lowest BCUT2D eigenvalue weighted by molar-refractivity contribution is 0.299. The minimum absolute atomic E-state index is 0.00278. The van der Waals surface area contributed by atoms with Gasteiger partial charge in [0.1, 0.15) is 29.3 Å². The molecular formula is C25H14BrFO5. The molecule has 0 unspecified atom stereocenters. The predicted molar refractivity (Wildman–Crippen MR) is 122 cm³/mol. The van der Waals surface area contributed by atoms with Crippen molar-refractivity contribution in [1.82, 2.24) is 0 Å². The van der Waals surface area contributed by atoms with Crippen LogP contribution < -0.4 is 16.0 Å². The third-order valence-corrected chi connectivity index (χ3v) is 5.55. The van der Waals surface area contributed by atoms with Gasteiger partial charge in [-0.25, -0.2) is 14.0 Å². The number of rotatable bonds is 4. The second-order valence-corrected chi connectivity index (χ2v) is 8.06. The Kier molecular flexibility index (Phi) is 5.11. The highest BCUT2D eigenvalue weighted by molar-refractivity contribution is 9.10. The highest BCUT2D eigenvalue weighted by atomic mass is 79.9. The second kappa shape index (κ2) is 8.09. The van der Waals surface area contributed by atoms with E-state index in [1.165, 1.54) is 12.1 Å². The Bertz CT molecular complexity index is 1600. The third kappa shape index (κ3) is 3.83. The van der Waals surface area contributed by atoms with Crippen LogP contribution in [0.2, 0.25) is 0 Å². The second-order valence-electron chi connectivity index (χ2n) is 7.15. The lowest BCUT2D eigenvalue weighted by Crippen LogP contribution is -2.06. The molecule has 7 heteroatoms. The standard InChI is InChI=1S/C25H14BrFO5/c26-16-6-5-15(21(27)10-16)13-30-17-7-8-18-19(12-24(28)31-23(18)11-17)20-9-14-3-1-2-4-22(14)32-25(20)29/h1-12H,13H2. The Labute approximate surface area is 188 Å². The van der Waals surface area contributed by atoms with E-state index in [4.69, 9.17) is 13.6 Å². The van der Waals surface area contributed by atoms with Crippen molar-refractivity contribution in [2.24, 2.45) is 0 Å². The first-order valence-electron chi connectivity index (χ1n) is 9.66. The molecule has 5 aromatic rings. The molecule has 32 heavy (non-hydrogen) atoms. The van der Waals surface area contributed by atoms with Crippen molar-refractivity contribution < 1.29 is 18.0 Å². The first kappa shape index (κ1) is 20.2. The highest BCUT2D eigenvalue weighted by Crippen LogP contribution is 2.30. The molecule has 0 saturated carbocycles. The molecule has 0 atom stereocenters. The maximum Gasteiger partial charge on any atom is 0.344 e. The van der Waals surface area contributed by atoms with Crippen LogP contribution in [0.5, 0.6) is 5.75 Å². The van der Waals surface area contributed by atoms with Gasteiger partial charge in [0.05, 0.1) is 5.56 Å². The minimum Gasteiger partial charge on any atom is -0.489 e. The Morgan fingerprint density at radius 2 is 1.69 bits per heavy atom. The first-order chi connectivity index (χ1) is 15.5. The molecule has 5 rings (SSSR count). The maximum absolute atomic E-state index is 14.0. The molecule has 0 radical (unpaired) electrons. The summed E-state index contributed by atoms with van der Waals surface area (Å²) in [6, 6.07) is 19.7. The summed E-state index contributed by atoms with van der Waals surface area (Å²) in [7, 11) is 0. The van der Waals surface area contributed by atoms with E-state index in [-0.39, 0.29) is 17.8 Å². The Hall–Kier alpha value is -3.71. The number of benzene rings is 3. The SMILES string of the molecule is O=c1cc(-c2cc3ccccc3oc2=O)c2ccc(OCc3ccc(Br)cc3F)cc2o1. The van der Waals surface area contributed by atoms with Crippen molar-refractivity contribution in [3.05, 3.63) is 109 Å². The van der Waals surface area contributed by atoms with Gasteiger partial charge in [0.15, 0.2) is 0 Å². The Balaban J connectivity index is 1.55. The Morgan fingerprint density at radius 1 is 0.844 bits per heavy atom. The minimum atomic E-state index is -0.615. The van der Waals surface area contributed by atoms with Crippen molar-refractivity contribution in [2.45, 2.75) is 6.61 Å². The summed E-state index contributed by atoms with van der Waals surface area (Å²) in [4.78, 5) is 24.8. The number of ether oxygens (including phenoxy) is 1. The van der Waals surface area contributed by atoms with Gasteiger partial charge < -0.3 is 13.6 Å². The molecule has 0 aliphatic rings. The fourth-order valence-corrected chi connectivity index (χ4v) is 3.84. The molecule has 0 fully saturated rings. The van der Waals surface area contributed by atoms with Gasteiger partial charge in [0.2, 0.25) is 0 Å².